The van der Waals surface area contributed by atoms with Gasteiger partial charge in [0.15, 0.2) is 0 Å². The van der Waals surface area contributed by atoms with Crippen LogP contribution in [0.1, 0.15) is 0 Å². The zero-order valence-electron chi connectivity index (χ0n) is 21.4. The fourth-order valence-electron chi connectivity index (χ4n) is 6.06. The Morgan fingerprint density at radius 1 is 0.333 bits per heavy atom. The quantitative estimate of drug-likeness (QED) is 0.230. The number of nitrogens with zero attached hydrogens (tertiary/aromatic N) is 1. The molecule has 0 aliphatic heterocycles. The highest BCUT2D eigenvalue weighted by molar-refractivity contribution is 6.21. The molecule has 8 aromatic rings. The SMILES string of the molecule is c1ccc(-c2ccc3cc(-c4ccc5ccc6c(c5c4)c4ccccc4n6-c4ccccc4)ccc3c2)cc1. The molecule has 1 heteroatoms. The summed E-state index contributed by atoms with van der Waals surface area (Å²) >= 11 is 0. The first-order valence-electron chi connectivity index (χ1n) is 13.4. The number of aromatic nitrogens is 1. The first kappa shape index (κ1) is 21.9. The van der Waals surface area contributed by atoms with Gasteiger partial charge in [0.1, 0.15) is 0 Å². The minimum atomic E-state index is 1.18. The third-order valence-corrected chi connectivity index (χ3v) is 7.95. The Morgan fingerprint density at radius 2 is 0.897 bits per heavy atom. The summed E-state index contributed by atoms with van der Waals surface area (Å²) in [6.45, 7) is 0. The average Bonchev–Trinajstić information content (AvgIpc) is 3.36. The number of benzene rings is 7. The zero-order chi connectivity index (χ0) is 25.8. The zero-order valence-corrected chi connectivity index (χ0v) is 21.4. The molecule has 0 spiro atoms. The van der Waals surface area contributed by atoms with E-state index in [2.05, 4.69) is 156 Å². The van der Waals surface area contributed by atoms with Gasteiger partial charge in [0.05, 0.1) is 11.0 Å². The summed E-state index contributed by atoms with van der Waals surface area (Å²) in [6.07, 6.45) is 0. The van der Waals surface area contributed by atoms with Gasteiger partial charge in [-0.25, -0.2) is 0 Å². The number of fused-ring (bicyclic) bond motifs is 6. The van der Waals surface area contributed by atoms with Crippen LogP contribution in [0.15, 0.2) is 152 Å². The molecule has 39 heavy (non-hydrogen) atoms. The van der Waals surface area contributed by atoms with Gasteiger partial charge in [-0.1, -0.05) is 109 Å². The van der Waals surface area contributed by atoms with Crippen LogP contribution in [0.2, 0.25) is 0 Å². The van der Waals surface area contributed by atoms with E-state index in [0.717, 1.165) is 0 Å². The van der Waals surface area contributed by atoms with Crippen molar-refractivity contribution >= 4 is 43.4 Å². The van der Waals surface area contributed by atoms with Gasteiger partial charge in [-0.05, 0) is 86.3 Å². The van der Waals surface area contributed by atoms with Crippen LogP contribution >= 0.6 is 0 Å². The Kier molecular flexibility index (Phi) is 4.89. The van der Waals surface area contributed by atoms with Crippen molar-refractivity contribution in [1.82, 2.24) is 4.57 Å². The second-order valence-corrected chi connectivity index (χ2v) is 10.2. The lowest BCUT2D eigenvalue weighted by molar-refractivity contribution is 1.18. The molecule has 0 saturated carbocycles. The smallest absolute Gasteiger partial charge is 0.0547 e. The summed E-state index contributed by atoms with van der Waals surface area (Å²) in [5, 5.41) is 7.65. The lowest BCUT2D eigenvalue weighted by atomic mass is 9.95. The summed E-state index contributed by atoms with van der Waals surface area (Å²) in [7, 11) is 0. The normalized spacial score (nSPS) is 11.6. The summed E-state index contributed by atoms with van der Waals surface area (Å²) in [6, 6.07) is 55.0. The third kappa shape index (κ3) is 3.55. The molecular formula is C38H25N. The molecule has 1 nitrogen and oxygen atoms in total. The Morgan fingerprint density at radius 3 is 1.64 bits per heavy atom. The molecular weight excluding hydrogens is 470 g/mol. The first-order valence-corrected chi connectivity index (χ1v) is 13.4. The molecule has 8 rings (SSSR count). The van der Waals surface area contributed by atoms with Crippen molar-refractivity contribution in [1.29, 1.82) is 0 Å². The summed E-state index contributed by atoms with van der Waals surface area (Å²) in [5.74, 6) is 0. The van der Waals surface area contributed by atoms with Crippen molar-refractivity contribution in [3.8, 4) is 27.9 Å². The van der Waals surface area contributed by atoms with Crippen LogP contribution in [0.4, 0.5) is 0 Å². The van der Waals surface area contributed by atoms with Crippen LogP contribution in [-0.2, 0) is 0 Å². The van der Waals surface area contributed by atoms with Crippen molar-refractivity contribution in [3.63, 3.8) is 0 Å². The third-order valence-electron chi connectivity index (χ3n) is 7.95. The molecule has 0 bridgehead atoms. The Hall–Kier alpha value is -5.14. The van der Waals surface area contributed by atoms with Gasteiger partial charge in [0.25, 0.3) is 0 Å². The van der Waals surface area contributed by atoms with E-state index in [0.29, 0.717) is 0 Å². The van der Waals surface area contributed by atoms with Crippen molar-refractivity contribution in [3.05, 3.63) is 152 Å². The van der Waals surface area contributed by atoms with Crippen LogP contribution < -0.4 is 0 Å². The number of hydrogen-bond donors (Lipinski definition) is 0. The minimum absolute atomic E-state index is 1.18. The summed E-state index contributed by atoms with van der Waals surface area (Å²) < 4.78 is 2.39. The molecule has 0 radical (unpaired) electrons. The molecule has 0 fully saturated rings. The first-order chi connectivity index (χ1) is 19.3. The van der Waals surface area contributed by atoms with E-state index in [4.69, 9.17) is 0 Å². The number of para-hydroxylation sites is 2. The second kappa shape index (κ2) is 8.72. The van der Waals surface area contributed by atoms with Crippen molar-refractivity contribution in [2.75, 3.05) is 0 Å². The van der Waals surface area contributed by atoms with Crippen LogP contribution in [0.25, 0.3) is 71.3 Å². The molecule has 0 unspecified atom stereocenters. The largest absolute Gasteiger partial charge is 0.309 e. The van der Waals surface area contributed by atoms with E-state index in [-0.39, 0.29) is 0 Å². The lowest BCUT2D eigenvalue weighted by Gasteiger charge is -2.10. The maximum atomic E-state index is 2.39. The maximum absolute atomic E-state index is 2.39. The molecule has 0 N–H and O–H groups in total. The van der Waals surface area contributed by atoms with Gasteiger partial charge in [-0.2, -0.15) is 0 Å². The Labute approximate surface area is 227 Å². The molecule has 1 aromatic heterocycles. The predicted octanol–water partition coefficient (Wildman–Crippen LogP) is 10.4. The average molecular weight is 496 g/mol. The topological polar surface area (TPSA) is 4.93 Å². The fourth-order valence-corrected chi connectivity index (χ4v) is 6.06. The van der Waals surface area contributed by atoms with Crippen LogP contribution in [-0.4, -0.2) is 4.57 Å². The standard InChI is InChI=1S/C38H25N/c1-3-9-26(10-4-1)28-17-18-30-24-31(20-19-29(30)23-28)32-16-15-27-21-22-37-38(35(27)25-32)34-13-7-8-14-36(34)39(37)33-11-5-2-6-12-33/h1-25H. The lowest BCUT2D eigenvalue weighted by Crippen LogP contribution is -1.92. The van der Waals surface area contributed by atoms with Gasteiger partial charge in [-0.15, -0.1) is 0 Å². The number of hydrogen-bond acceptors (Lipinski definition) is 0. The van der Waals surface area contributed by atoms with Gasteiger partial charge in [0, 0.05) is 16.5 Å². The van der Waals surface area contributed by atoms with Gasteiger partial charge in [-0.3, -0.25) is 0 Å². The van der Waals surface area contributed by atoms with E-state index >= 15 is 0 Å². The monoisotopic (exact) mass is 495 g/mol. The molecule has 182 valence electrons. The van der Waals surface area contributed by atoms with Crippen LogP contribution in [0.5, 0.6) is 0 Å². The second-order valence-electron chi connectivity index (χ2n) is 10.2. The molecule has 1 heterocycles. The van der Waals surface area contributed by atoms with E-state index in [9.17, 15) is 0 Å². The predicted molar refractivity (Wildman–Crippen MR) is 167 cm³/mol. The van der Waals surface area contributed by atoms with Gasteiger partial charge < -0.3 is 4.57 Å². The maximum Gasteiger partial charge on any atom is 0.0547 e. The summed E-state index contributed by atoms with van der Waals surface area (Å²) in [5.41, 5.74) is 8.62. The molecule has 7 aromatic carbocycles. The minimum Gasteiger partial charge on any atom is -0.309 e. The molecule has 0 saturated heterocycles. The highest BCUT2D eigenvalue weighted by atomic mass is 15.0. The fraction of sp³-hybridized carbons (Fsp3) is 0. The number of rotatable bonds is 3. The van der Waals surface area contributed by atoms with Crippen LogP contribution in [0.3, 0.4) is 0 Å². The Balaban J connectivity index is 1.32. The van der Waals surface area contributed by atoms with Gasteiger partial charge in [0.2, 0.25) is 0 Å². The summed E-state index contributed by atoms with van der Waals surface area (Å²) in [4.78, 5) is 0. The van der Waals surface area contributed by atoms with E-state index in [1.165, 1.54) is 71.3 Å². The molecule has 0 amide bonds. The molecule has 0 aliphatic rings. The van der Waals surface area contributed by atoms with Crippen molar-refractivity contribution in [2.45, 2.75) is 0 Å². The highest BCUT2D eigenvalue weighted by Crippen LogP contribution is 2.38. The van der Waals surface area contributed by atoms with Crippen LogP contribution in [0, 0.1) is 0 Å². The molecule has 0 aliphatic carbocycles. The highest BCUT2D eigenvalue weighted by Gasteiger charge is 2.15. The molecule has 0 atom stereocenters. The van der Waals surface area contributed by atoms with Crippen molar-refractivity contribution < 1.29 is 0 Å². The van der Waals surface area contributed by atoms with Crippen molar-refractivity contribution in [2.24, 2.45) is 0 Å². The Bertz CT molecular complexity index is 2150. The van der Waals surface area contributed by atoms with Gasteiger partial charge >= 0.3 is 0 Å². The van der Waals surface area contributed by atoms with E-state index in [1.807, 2.05) is 0 Å². The van der Waals surface area contributed by atoms with E-state index in [1.54, 1.807) is 0 Å². The van der Waals surface area contributed by atoms with E-state index < -0.39 is 0 Å².